The van der Waals surface area contributed by atoms with Crippen LogP contribution >= 0.6 is 0 Å². The van der Waals surface area contributed by atoms with Gasteiger partial charge in [-0.1, -0.05) is 0 Å². The minimum atomic E-state index is -4.27. The normalized spacial score (nSPS) is 11.5. The number of hydrogen-bond donors (Lipinski definition) is 0. The van der Waals surface area contributed by atoms with Crippen molar-refractivity contribution in [3.8, 4) is 0 Å². The number of alkyl halides is 2. The summed E-state index contributed by atoms with van der Waals surface area (Å²) in [5, 5.41) is 9.77. The molecular formula is C7H5F2O4-. The van der Waals surface area contributed by atoms with Crippen LogP contribution in [0.3, 0.4) is 0 Å². The van der Waals surface area contributed by atoms with Crippen molar-refractivity contribution in [1.29, 1.82) is 0 Å². The molecule has 0 radical (unpaired) electrons. The van der Waals surface area contributed by atoms with Crippen molar-refractivity contribution in [2.24, 2.45) is 0 Å². The van der Waals surface area contributed by atoms with E-state index in [1.807, 2.05) is 0 Å². The number of halogens is 2. The molecule has 0 N–H and O–H groups in total. The van der Waals surface area contributed by atoms with Gasteiger partial charge in [0.1, 0.15) is 5.97 Å². The Morgan fingerprint density at radius 1 is 1.69 bits per heavy atom. The first-order valence-electron chi connectivity index (χ1n) is 3.26. The Hall–Kier alpha value is -1.43. The van der Waals surface area contributed by atoms with E-state index in [9.17, 15) is 18.7 Å². The highest BCUT2D eigenvalue weighted by Crippen LogP contribution is 2.16. The highest BCUT2D eigenvalue weighted by atomic mass is 19.3. The first-order chi connectivity index (χ1) is 6.02. The molecule has 0 amide bonds. The summed E-state index contributed by atoms with van der Waals surface area (Å²) < 4.78 is 32.8. The third-order valence-electron chi connectivity index (χ3n) is 1.24. The number of aliphatic carboxylic acids is 1. The number of hydrogen-bond acceptors (Lipinski definition) is 4. The van der Waals surface area contributed by atoms with Gasteiger partial charge in [-0.25, -0.2) is 0 Å². The Morgan fingerprint density at radius 3 is 2.85 bits per heavy atom. The smallest absolute Gasteiger partial charge is 0.397 e. The van der Waals surface area contributed by atoms with E-state index in [1.54, 1.807) is 0 Å². The van der Waals surface area contributed by atoms with Gasteiger partial charge in [0.2, 0.25) is 0 Å². The first kappa shape index (κ1) is 9.66. The van der Waals surface area contributed by atoms with Crippen molar-refractivity contribution in [3.63, 3.8) is 0 Å². The van der Waals surface area contributed by atoms with Gasteiger partial charge in [0.25, 0.3) is 0 Å². The maximum Gasteiger partial charge on any atom is 0.397 e. The van der Waals surface area contributed by atoms with Gasteiger partial charge in [-0.15, -0.1) is 0 Å². The van der Waals surface area contributed by atoms with Crippen molar-refractivity contribution < 1.29 is 27.8 Å². The molecule has 0 saturated heterocycles. The average Bonchev–Trinajstić information content (AvgIpc) is 2.52. The van der Waals surface area contributed by atoms with Crippen LogP contribution in [0.2, 0.25) is 0 Å². The Kier molecular flexibility index (Phi) is 2.62. The lowest BCUT2D eigenvalue weighted by molar-refractivity contribution is -0.364. The van der Waals surface area contributed by atoms with Gasteiger partial charge >= 0.3 is 6.11 Å². The molecule has 1 heterocycles. The number of carboxylic acids is 1. The molecule has 0 bridgehead atoms. The van der Waals surface area contributed by atoms with Crippen LogP contribution in [0.4, 0.5) is 8.78 Å². The highest BCUT2D eigenvalue weighted by molar-refractivity contribution is 5.71. The van der Waals surface area contributed by atoms with E-state index in [0.29, 0.717) is 5.56 Å². The summed E-state index contributed by atoms with van der Waals surface area (Å²) in [6.07, 6.45) is -1.83. The van der Waals surface area contributed by atoms with Gasteiger partial charge in [0, 0.05) is 5.56 Å². The van der Waals surface area contributed by atoms with Crippen molar-refractivity contribution in [2.75, 3.05) is 0 Å². The Bertz CT molecular complexity index is 281. The highest BCUT2D eigenvalue weighted by Gasteiger charge is 2.32. The van der Waals surface area contributed by atoms with Crippen LogP contribution in [0.25, 0.3) is 0 Å². The second-order valence-corrected chi connectivity index (χ2v) is 2.22. The fourth-order valence-electron chi connectivity index (χ4n) is 0.608. The summed E-state index contributed by atoms with van der Waals surface area (Å²) in [6, 6.07) is 1.38. The molecule has 0 aliphatic carbocycles. The van der Waals surface area contributed by atoms with Crippen LogP contribution in [0.15, 0.2) is 23.0 Å². The fraction of sp³-hybridized carbons (Fsp3) is 0.286. The molecule has 1 aromatic heterocycles. The number of rotatable bonds is 4. The molecule has 0 atom stereocenters. The fourth-order valence-corrected chi connectivity index (χ4v) is 0.608. The quantitative estimate of drug-likeness (QED) is 0.679. The van der Waals surface area contributed by atoms with E-state index in [-0.39, 0.29) is 0 Å². The predicted octanol–water partition coefficient (Wildman–Crippen LogP) is 0.139. The average molecular weight is 191 g/mol. The van der Waals surface area contributed by atoms with E-state index in [1.165, 1.54) is 18.6 Å². The molecule has 0 spiro atoms. The minimum absolute atomic E-state index is 0.320. The van der Waals surface area contributed by atoms with E-state index in [2.05, 4.69) is 9.15 Å². The van der Waals surface area contributed by atoms with E-state index in [4.69, 9.17) is 0 Å². The third-order valence-corrected chi connectivity index (χ3v) is 1.24. The van der Waals surface area contributed by atoms with Crippen molar-refractivity contribution >= 4 is 5.97 Å². The second kappa shape index (κ2) is 3.53. The summed E-state index contributed by atoms with van der Waals surface area (Å²) in [5.74, 6) is -2.56. The Morgan fingerprint density at radius 2 is 2.38 bits per heavy atom. The number of carbonyl (C=O) groups excluding carboxylic acids is 1. The molecule has 4 nitrogen and oxygen atoms in total. The Labute approximate surface area is 71.7 Å². The molecule has 1 aromatic rings. The third kappa shape index (κ3) is 2.51. The second-order valence-electron chi connectivity index (χ2n) is 2.22. The molecule has 72 valence electrons. The Balaban J connectivity index is 2.47. The van der Waals surface area contributed by atoms with Crippen LogP contribution in [-0.2, 0) is 16.1 Å². The summed E-state index contributed by atoms with van der Waals surface area (Å²) in [4.78, 5) is 9.77. The van der Waals surface area contributed by atoms with Gasteiger partial charge in [-0.05, 0) is 6.07 Å². The molecular weight excluding hydrogens is 186 g/mol. The lowest BCUT2D eigenvalue weighted by Gasteiger charge is -2.16. The maximum atomic E-state index is 12.2. The summed E-state index contributed by atoms with van der Waals surface area (Å²) >= 11 is 0. The zero-order valence-corrected chi connectivity index (χ0v) is 6.33. The predicted molar refractivity (Wildman–Crippen MR) is 33.5 cm³/mol. The van der Waals surface area contributed by atoms with Gasteiger partial charge < -0.3 is 19.1 Å². The molecule has 0 unspecified atom stereocenters. The van der Waals surface area contributed by atoms with Crippen LogP contribution in [0.5, 0.6) is 0 Å². The largest absolute Gasteiger partial charge is 0.542 e. The summed E-state index contributed by atoms with van der Waals surface area (Å²) in [7, 11) is 0. The van der Waals surface area contributed by atoms with Crippen LogP contribution < -0.4 is 5.11 Å². The molecule has 0 saturated carbocycles. The first-order valence-corrected chi connectivity index (χ1v) is 3.26. The van der Waals surface area contributed by atoms with Gasteiger partial charge in [-0.2, -0.15) is 8.78 Å². The number of carbonyl (C=O) groups is 1. The molecule has 0 aromatic carbocycles. The van der Waals surface area contributed by atoms with Gasteiger partial charge in [-0.3, -0.25) is 0 Å². The SMILES string of the molecule is O=C([O-])C(F)(F)OCc1ccoc1. The van der Waals surface area contributed by atoms with Gasteiger partial charge in [0.05, 0.1) is 19.1 Å². The van der Waals surface area contributed by atoms with E-state index < -0.39 is 18.7 Å². The minimum Gasteiger partial charge on any atom is -0.542 e. The zero-order valence-electron chi connectivity index (χ0n) is 6.33. The lowest BCUT2D eigenvalue weighted by atomic mass is 10.4. The molecule has 0 aliphatic heterocycles. The topological polar surface area (TPSA) is 62.5 Å². The van der Waals surface area contributed by atoms with Crippen LogP contribution in [-0.4, -0.2) is 12.1 Å². The van der Waals surface area contributed by atoms with E-state index >= 15 is 0 Å². The van der Waals surface area contributed by atoms with Crippen molar-refractivity contribution in [1.82, 2.24) is 0 Å². The van der Waals surface area contributed by atoms with Gasteiger partial charge in [0.15, 0.2) is 0 Å². The van der Waals surface area contributed by atoms with E-state index in [0.717, 1.165) is 0 Å². The van der Waals surface area contributed by atoms with Crippen LogP contribution in [0, 0.1) is 0 Å². The monoisotopic (exact) mass is 191 g/mol. The number of carboxylic acid groups (broad SMARTS) is 1. The van der Waals surface area contributed by atoms with Crippen LogP contribution in [0.1, 0.15) is 5.56 Å². The van der Waals surface area contributed by atoms with Crippen molar-refractivity contribution in [3.05, 3.63) is 24.2 Å². The zero-order chi connectivity index (χ0) is 9.90. The summed E-state index contributed by atoms with van der Waals surface area (Å²) in [6.45, 7) is -0.544. The molecule has 6 heteroatoms. The molecule has 0 fully saturated rings. The molecule has 0 aliphatic rings. The number of furan rings is 1. The number of ether oxygens (including phenoxy) is 1. The molecule has 1 rings (SSSR count). The molecule has 13 heavy (non-hydrogen) atoms. The maximum absolute atomic E-state index is 12.2. The van der Waals surface area contributed by atoms with Crippen molar-refractivity contribution in [2.45, 2.75) is 12.7 Å². The summed E-state index contributed by atoms with van der Waals surface area (Å²) in [5.41, 5.74) is 0.320. The lowest BCUT2D eigenvalue weighted by Crippen LogP contribution is -2.43. The standard InChI is InChI=1S/C7H6F2O4/c8-7(9,6(10)11)13-4-5-1-2-12-3-5/h1-3H,4H2,(H,10,11)/p-1.